The summed E-state index contributed by atoms with van der Waals surface area (Å²) in [5, 5.41) is 2.23. The summed E-state index contributed by atoms with van der Waals surface area (Å²) in [5.41, 5.74) is 15.9. The lowest BCUT2D eigenvalue weighted by molar-refractivity contribution is 0.660. The lowest BCUT2D eigenvalue weighted by Gasteiger charge is -2.28. The maximum atomic E-state index is 6.55. The molecule has 10 rings (SSSR count). The summed E-state index contributed by atoms with van der Waals surface area (Å²) in [6.45, 7) is 4.70. The summed E-state index contributed by atoms with van der Waals surface area (Å²) >= 11 is 0. The van der Waals surface area contributed by atoms with Crippen molar-refractivity contribution in [2.45, 2.75) is 19.3 Å². The van der Waals surface area contributed by atoms with Crippen molar-refractivity contribution in [3.63, 3.8) is 0 Å². The Bertz CT molecular complexity index is 2800. The topological polar surface area (TPSA) is 19.6 Å². The van der Waals surface area contributed by atoms with Gasteiger partial charge in [-0.1, -0.05) is 129 Å². The number of anilines is 6. The minimum Gasteiger partial charge on any atom is -0.456 e. The summed E-state index contributed by atoms with van der Waals surface area (Å²) in [6.07, 6.45) is 4.41. The molecule has 0 unspecified atom stereocenters. The van der Waals surface area contributed by atoms with E-state index in [4.69, 9.17) is 4.42 Å². The SMILES string of the molecule is CC1(C)c2cc(C=Cc3ccc4c(c3)oc3cc(N(c5ccccc5)c5ccccc5)ccc34)ccc2-c2ccc(N(c3ccccc3)c3ccccc3)cc21. The molecule has 0 fully saturated rings. The van der Waals surface area contributed by atoms with Crippen LogP contribution in [0.1, 0.15) is 36.1 Å². The zero-order valence-electron chi connectivity index (χ0n) is 31.4. The highest BCUT2D eigenvalue weighted by Crippen LogP contribution is 2.51. The largest absolute Gasteiger partial charge is 0.456 e. The summed E-state index contributed by atoms with van der Waals surface area (Å²) in [4.78, 5) is 4.61. The van der Waals surface area contributed by atoms with Gasteiger partial charge in [0.1, 0.15) is 11.2 Å². The van der Waals surface area contributed by atoms with Gasteiger partial charge in [-0.25, -0.2) is 0 Å². The third-order valence-electron chi connectivity index (χ3n) is 11.2. The minimum atomic E-state index is -0.161. The van der Waals surface area contributed by atoms with Crippen LogP contribution in [0.25, 0.3) is 45.2 Å². The van der Waals surface area contributed by atoms with Gasteiger partial charge < -0.3 is 14.2 Å². The first-order valence-corrected chi connectivity index (χ1v) is 19.3. The van der Waals surface area contributed by atoms with Crippen LogP contribution >= 0.6 is 0 Å². The molecule has 0 radical (unpaired) electrons. The van der Waals surface area contributed by atoms with Crippen LogP contribution in [0.15, 0.2) is 199 Å². The number of hydrogen-bond acceptors (Lipinski definition) is 3. The second-order valence-electron chi connectivity index (χ2n) is 15.0. The average Bonchev–Trinajstić information content (AvgIpc) is 3.72. The van der Waals surface area contributed by atoms with Crippen molar-refractivity contribution in [3.05, 3.63) is 216 Å². The highest BCUT2D eigenvalue weighted by Gasteiger charge is 2.36. The number of nitrogens with zero attached hydrogens (tertiary/aromatic N) is 2. The fraction of sp³-hybridized carbons (Fsp3) is 0.0566. The molecule has 1 aromatic heterocycles. The Labute approximate surface area is 328 Å². The van der Waals surface area contributed by atoms with Gasteiger partial charge in [0.05, 0.1) is 0 Å². The van der Waals surface area contributed by atoms with Crippen LogP contribution in [0, 0.1) is 0 Å². The van der Waals surface area contributed by atoms with Crippen molar-refractivity contribution in [2.24, 2.45) is 0 Å². The van der Waals surface area contributed by atoms with Gasteiger partial charge in [-0.15, -0.1) is 0 Å². The molecule has 0 atom stereocenters. The molecule has 3 nitrogen and oxygen atoms in total. The molecular weight excluding hydrogens is 681 g/mol. The van der Waals surface area contributed by atoms with Crippen molar-refractivity contribution < 1.29 is 4.42 Å². The van der Waals surface area contributed by atoms with E-state index in [1.54, 1.807) is 0 Å². The van der Waals surface area contributed by atoms with Crippen molar-refractivity contribution in [2.75, 3.05) is 9.80 Å². The third kappa shape index (κ3) is 5.86. The normalized spacial score (nSPS) is 12.9. The van der Waals surface area contributed by atoms with Gasteiger partial charge in [-0.05, 0) is 118 Å². The molecule has 268 valence electrons. The zero-order valence-corrected chi connectivity index (χ0v) is 31.4. The van der Waals surface area contributed by atoms with E-state index in [1.165, 1.54) is 27.8 Å². The third-order valence-corrected chi connectivity index (χ3v) is 11.2. The van der Waals surface area contributed by atoms with Crippen LogP contribution in [-0.4, -0.2) is 0 Å². The zero-order chi connectivity index (χ0) is 37.6. The standard InChI is InChI=1S/C53H40N2O/c1-53(2)49-33-37(25-29-45(49)46-31-27-43(35-50(46)53)54(39-15-7-3-8-16-39)40-17-9-4-10-18-40)23-24-38-26-30-47-48-32-28-44(36-52(48)56-51(47)34-38)55(41-19-11-5-12-20-41)42-21-13-6-14-22-42/h3-36H,1-2H3. The number of fused-ring (bicyclic) bond motifs is 6. The molecule has 56 heavy (non-hydrogen) atoms. The number of rotatable bonds is 8. The molecule has 9 aromatic rings. The van der Waals surface area contributed by atoms with E-state index < -0.39 is 0 Å². The summed E-state index contributed by atoms with van der Waals surface area (Å²) in [6, 6.07) is 69.1. The first-order valence-electron chi connectivity index (χ1n) is 19.3. The first kappa shape index (κ1) is 33.5. The Hall–Kier alpha value is -7.10. The molecule has 1 aliphatic carbocycles. The van der Waals surface area contributed by atoms with Crippen LogP contribution in [0.2, 0.25) is 0 Å². The number of furan rings is 1. The second-order valence-corrected chi connectivity index (χ2v) is 15.0. The fourth-order valence-electron chi connectivity index (χ4n) is 8.41. The van der Waals surface area contributed by atoms with Gasteiger partial charge in [0, 0.05) is 56.4 Å². The van der Waals surface area contributed by atoms with Crippen LogP contribution in [0.4, 0.5) is 34.1 Å². The molecule has 0 amide bonds. The minimum absolute atomic E-state index is 0.161. The highest BCUT2D eigenvalue weighted by molar-refractivity contribution is 6.06. The smallest absolute Gasteiger partial charge is 0.137 e. The monoisotopic (exact) mass is 720 g/mol. The van der Waals surface area contributed by atoms with Crippen LogP contribution in [-0.2, 0) is 5.41 Å². The number of hydrogen-bond donors (Lipinski definition) is 0. The predicted octanol–water partition coefficient (Wildman–Crippen LogP) is 15.0. The van der Waals surface area contributed by atoms with E-state index in [9.17, 15) is 0 Å². The molecule has 0 saturated heterocycles. The van der Waals surface area contributed by atoms with Gasteiger partial charge in [0.15, 0.2) is 0 Å². The van der Waals surface area contributed by atoms with E-state index in [1.807, 2.05) is 12.1 Å². The molecular formula is C53H40N2O. The van der Waals surface area contributed by atoms with Crippen molar-refractivity contribution in [1.82, 2.24) is 0 Å². The van der Waals surface area contributed by atoms with Gasteiger partial charge in [-0.3, -0.25) is 0 Å². The maximum Gasteiger partial charge on any atom is 0.137 e. The molecule has 1 aliphatic rings. The quantitative estimate of drug-likeness (QED) is 0.146. The highest BCUT2D eigenvalue weighted by atomic mass is 16.3. The van der Waals surface area contributed by atoms with Gasteiger partial charge in [0.2, 0.25) is 0 Å². The van der Waals surface area contributed by atoms with Crippen molar-refractivity contribution in [1.29, 1.82) is 0 Å². The first-order chi connectivity index (χ1) is 27.5. The van der Waals surface area contributed by atoms with E-state index in [0.717, 1.165) is 61.6 Å². The van der Waals surface area contributed by atoms with Gasteiger partial charge >= 0.3 is 0 Å². The van der Waals surface area contributed by atoms with Crippen LogP contribution in [0.5, 0.6) is 0 Å². The lowest BCUT2D eigenvalue weighted by Crippen LogP contribution is -2.16. The van der Waals surface area contributed by atoms with Gasteiger partial charge in [0.25, 0.3) is 0 Å². The van der Waals surface area contributed by atoms with Crippen molar-refractivity contribution >= 4 is 68.2 Å². The molecule has 0 N–H and O–H groups in total. The molecule has 0 aliphatic heterocycles. The molecule has 0 saturated carbocycles. The number of para-hydroxylation sites is 4. The summed E-state index contributed by atoms with van der Waals surface area (Å²) in [5.74, 6) is 0. The van der Waals surface area contributed by atoms with Gasteiger partial charge in [-0.2, -0.15) is 0 Å². The fourth-order valence-corrected chi connectivity index (χ4v) is 8.41. The lowest BCUT2D eigenvalue weighted by atomic mass is 9.81. The maximum absolute atomic E-state index is 6.55. The Morgan fingerprint density at radius 1 is 0.375 bits per heavy atom. The number of benzene rings is 8. The van der Waals surface area contributed by atoms with E-state index in [2.05, 4.69) is 218 Å². The second kappa shape index (κ2) is 13.6. The molecule has 0 bridgehead atoms. The molecule has 3 heteroatoms. The Balaban J connectivity index is 0.946. The molecule has 1 heterocycles. The van der Waals surface area contributed by atoms with E-state index in [-0.39, 0.29) is 5.41 Å². The Morgan fingerprint density at radius 2 is 0.768 bits per heavy atom. The van der Waals surface area contributed by atoms with Crippen molar-refractivity contribution in [3.8, 4) is 11.1 Å². The Kier molecular flexibility index (Phi) is 8.15. The van der Waals surface area contributed by atoms with E-state index in [0.29, 0.717) is 0 Å². The average molecular weight is 721 g/mol. The van der Waals surface area contributed by atoms with E-state index >= 15 is 0 Å². The molecule has 0 spiro atoms. The van der Waals surface area contributed by atoms with Crippen LogP contribution < -0.4 is 9.80 Å². The summed E-state index contributed by atoms with van der Waals surface area (Å²) < 4.78 is 6.55. The molecule has 8 aromatic carbocycles. The Morgan fingerprint density at radius 3 is 1.30 bits per heavy atom. The predicted molar refractivity (Wildman–Crippen MR) is 236 cm³/mol. The summed E-state index contributed by atoms with van der Waals surface area (Å²) in [7, 11) is 0. The van der Waals surface area contributed by atoms with Crippen LogP contribution in [0.3, 0.4) is 0 Å².